The Kier molecular flexibility index (Phi) is 3.06. The summed E-state index contributed by atoms with van der Waals surface area (Å²) in [7, 11) is 0. The lowest BCUT2D eigenvalue weighted by Crippen LogP contribution is -2.23. The summed E-state index contributed by atoms with van der Waals surface area (Å²) in [6.45, 7) is 2.05. The van der Waals surface area contributed by atoms with Crippen molar-refractivity contribution in [2.24, 2.45) is 0 Å². The smallest absolute Gasteiger partial charge is 0.194 e. The number of benzene rings is 1. The van der Waals surface area contributed by atoms with Gasteiger partial charge >= 0.3 is 0 Å². The number of fused-ring (bicyclic) bond motifs is 3. The van der Waals surface area contributed by atoms with E-state index in [1.807, 2.05) is 11.3 Å². The molecule has 0 aliphatic carbocycles. The summed E-state index contributed by atoms with van der Waals surface area (Å²) < 4.78 is 2.28. The quantitative estimate of drug-likeness (QED) is 0.735. The first-order valence-corrected chi connectivity index (χ1v) is 8.74. The van der Waals surface area contributed by atoms with Gasteiger partial charge in [0.05, 0.1) is 5.69 Å². The number of rotatable bonds is 2. The third-order valence-electron chi connectivity index (χ3n) is 3.71. The van der Waals surface area contributed by atoms with Gasteiger partial charge < -0.3 is 5.32 Å². The van der Waals surface area contributed by atoms with Crippen LogP contribution < -0.4 is 5.32 Å². The van der Waals surface area contributed by atoms with Gasteiger partial charge in [-0.15, -0.1) is 11.8 Å². The minimum Gasteiger partial charge on any atom is -0.311 e. The molecule has 0 bridgehead atoms. The summed E-state index contributed by atoms with van der Waals surface area (Å²) >= 11 is 3.58. The van der Waals surface area contributed by atoms with E-state index in [9.17, 15) is 0 Å². The molecule has 0 fully saturated rings. The van der Waals surface area contributed by atoms with E-state index >= 15 is 0 Å². The summed E-state index contributed by atoms with van der Waals surface area (Å²) in [6.07, 6.45) is 5.38. The predicted molar refractivity (Wildman–Crippen MR) is 85.7 cm³/mol. The van der Waals surface area contributed by atoms with E-state index in [0.29, 0.717) is 0 Å². The number of hydrogen-bond acceptors (Lipinski definition) is 4. The first-order valence-electron chi connectivity index (χ1n) is 6.70. The molecule has 3 nitrogen and oxygen atoms in total. The zero-order valence-corrected chi connectivity index (χ0v) is 12.9. The van der Waals surface area contributed by atoms with Crippen LogP contribution >= 0.6 is 23.1 Å². The first-order chi connectivity index (χ1) is 9.85. The van der Waals surface area contributed by atoms with Crippen LogP contribution in [0.5, 0.6) is 0 Å². The van der Waals surface area contributed by atoms with E-state index in [4.69, 9.17) is 4.98 Å². The molecule has 1 N–H and O–H groups in total. The lowest BCUT2D eigenvalue weighted by Gasteiger charge is -2.11. The predicted octanol–water partition coefficient (Wildman–Crippen LogP) is 3.43. The van der Waals surface area contributed by atoms with Gasteiger partial charge in [0, 0.05) is 46.7 Å². The molecule has 0 radical (unpaired) electrons. The van der Waals surface area contributed by atoms with Gasteiger partial charge in [-0.2, -0.15) is 0 Å². The van der Waals surface area contributed by atoms with Crippen LogP contribution in [-0.2, 0) is 13.0 Å². The Morgan fingerprint density at radius 1 is 1.30 bits per heavy atom. The number of imidazole rings is 1. The van der Waals surface area contributed by atoms with Crippen LogP contribution in [0.1, 0.15) is 10.6 Å². The molecule has 4 rings (SSSR count). The maximum absolute atomic E-state index is 4.79. The summed E-state index contributed by atoms with van der Waals surface area (Å²) in [5, 5.41) is 3.42. The second-order valence-electron chi connectivity index (χ2n) is 4.91. The van der Waals surface area contributed by atoms with Crippen molar-refractivity contribution in [3.05, 3.63) is 41.0 Å². The number of thiazole rings is 1. The van der Waals surface area contributed by atoms with E-state index in [1.54, 1.807) is 11.8 Å². The van der Waals surface area contributed by atoms with Gasteiger partial charge in [0.1, 0.15) is 0 Å². The van der Waals surface area contributed by atoms with Gasteiger partial charge in [0.2, 0.25) is 0 Å². The number of aromatic nitrogens is 2. The second kappa shape index (κ2) is 4.91. The van der Waals surface area contributed by atoms with Crippen molar-refractivity contribution in [1.82, 2.24) is 14.7 Å². The van der Waals surface area contributed by atoms with Crippen LogP contribution in [0, 0.1) is 0 Å². The molecule has 1 aliphatic heterocycles. The van der Waals surface area contributed by atoms with E-state index in [1.165, 1.54) is 21.0 Å². The van der Waals surface area contributed by atoms with E-state index in [0.717, 1.165) is 30.2 Å². The van der Waals surface area contributed by atoms with Crippen LogP contribution in [0.4, 0.5) is 0 Å². The first kappa shape index (κ1) is 12.4. The van der Waals surface area contributed by atoms with Gasteiger partial charge in [-0.25, -0.2) is 4.98 Å². The van der Waals surface area contributed by atoms with E-state index < -0.39 is 0 Å². The van der Waals surface area contributed by atoms with E-state index in [-0.39, 0.29) is 0 Å². The monoisotopic (exact) mass is 301 g/mol. The molecule has 0 saturated heterocycles. The Hall–Kier alpha value is -1.30. The molecule has 0 spiro atoms. The third-order valence-corrected chi connectivity index (χ3v) is 5.55. The number of nitrogens with zero attached hydrogens (tertiary/aromatic N) is 2. The molecule has 5 heteroatoms. The average molecular weight is 301 g/mol. The molecule has 0 amide bonds. The SMILES string of the molecule is CSc1ccc(-c2cn3c4c(sc3n2)CNCC4)cc1. The standard InChI is InChI=1S/C15H15N3S2/c1-19-11-4-2-10(3-5-11)12-9-18-13-6-7-16-8-14(13)20-15(18)17-12/h2-5,9,16H,6-8H2,1H3. The Bertz CT molecular complexity index is 755. The number of thioether (sulfide) groups is 1. The number of hydrogen-bond donors (Lipinski definition) is 1. The van der Waals surface area contributed by atoms with Crippen LogP contribution in [0.15, 0.2) is 35.4 Å². The van der Waals surface area contributed by atoms with Gasteiger partial charge in [-0.05, 0) is 18.4 Å². The Morgan fingerprint density at radius 3 is 2.95 bits per heavy atom. The zero-order chi connectivity index (χ0) is 13.5. The summed E-state index contributed by atoms with van der Waals surface area (Å²) in [5.74, 6) is 0. The van der Waals surface area contributed by atoms with Crippen LogP contribution in [0.2, 0.25) is 0 Å². The van der Waals surface area contributed by atoms with Crippen molar-refractivity contribution in [1.29, 1.82) is 0 Å². The topological polar surface area (TPSA) is 29.3 Å². The third kappa shape index (κ3) is 1.97. The minimum absolute atomic E-state index is 0.987. The highest BCUT2D eigenvalue weighted by atomic mass is 32.2. The highest BCUT2D eigenvalue weighted by molar-refractivity contribution is 7.98. The molecule has 1 aliphatic rings. The molecule has 2 aromatic heterocycles. The molecule has 1 aromatic carbocycles. The maximum Gasteiger partial charge on any atom is 0.194 e. The molecule has 0 unspecified atom stereocenters. The van der Waals surface area contributed by atoms with Crippen LogP contribution in [0.3, 0.4) is 0 Å². The number of nitrogens with one attached hydrogen (secondary N) is 1. The Morgan fingerprint density at radius 2 is 2.15 bits per heavy atom. The molecular weight excluding hydrogens is 286 g/mol. The molecule has 3 aromatic rings. The molecular formula is C15H15N3S2. The molecule has 3 heterocycles. The fraction of sp³-hybridized carbons (Fsp3) is 0.267. The highest BCUT2D eigenvalue weighted by Crippen LogP contribution is 2.29. The minimum atomic E-state index is 0.987. The lowest BCUT2D eigenvalue weighted by molar-refractivity contribution is 0.638. The second-order valence-corrected chi connectivity index (χ2v) is 6.85. The van der Waals surface area contributed by atoms with Crippen molar-refractivity contribution < 1.29 is 0 Å². The van der Waals surface area contributed by atoms with Crippen molar-refractivity contribution in [3.8, 4) is 11.3 Å². The normalized spacial score (nSPS) is 14.7. The Balaban J connectivity index is 1.78. The average Bonchev–Trinajstić information content (AvgIpc) is 3.05. The van der Waals surface area contributed by atoms with Gasteiger partial charge in [-0.3, -0.25) is 4.40 Å². The fourth-order valence-corrected chi connectivity index (χ4v) is 4.17. The molecule has 102 valence electrons. The van der Waals surface area contributed by atoms with Crippen molar-refractivity contribution >= 4 is 28.1 Å². The van der Waals surface area contributed by atoms with Crippen LogP contribution in [-0.4, -0.2) is 22.2 Å². The van der Waals surface area contributed by atoms with E-state index in [2.05, 4.69) is 46.4 Å². The largest absolute Gasteiger partial charge is 0.311 e. The molecule has 0 saturated carbocycles. The van der Waals surface area contributed by atoms with Gasteiger partial charge in [0.25, 0.3) is 0 Å². The van der Waals surface area contributed by atoms with Gasteiger partial charge in [-0.1, -0.05) is 23.5 Å². The maximum atomic E-state index is 4.79. The Labute approximate surface area is 126 Å². The zero-order valence-electron chi connectivity index (χ0n) is 11.2. The molecule has 0 atom stereocenters. The highest BCUT2D eigenvalue weighted by Gasteiger charge is 2.17. The fourth-order valence-electron chi connectivity index (χ4n) is 2.64. The van der Waals surface area contributed by atoms with Crippen molar-refractivity contribution in [2.45, 2.75) is 17.9 Å². The van der Waals surface area contributed by atoms with Crippen molar-refractivity contribution in [3.63, 3.8) is 0 Å². The molecule has 20 heavy (non-hydrogen) atoms. The lowest BCUT2D eigenvalue weighted by atomic mass is 10.2. The van der Waals surface area contributed by atoms with Crippen molar-refractivity contribution in [2.75, 3.05) is 12.8 Å². The summed E-state index contributed by atoms with van der Waals surface area (Å²) in [6, 6.07) is 8.64. The van der Waals surface area contributed by atoms with Gasteiger partial charge in [0.15, 0.2) is 4.96 Å². The summed E-state index contributed by atoms with van der Waals surface area (Å²) in [5.41, 5.74) is 3.70. The summed E-state index contributed by atoms with van der Waals surface area (Å²) in [4.78, 5) is 8.63. The van der Waals surface area contributed by atoms with Crippen LogP contribution in [0.25, 0.3) is 16.2 Å².